The molecule has 96 valence electrons. The minimum atomic E-state index is -0.936. The van der Waals surface area contributed by atoms with Gasteiger partial charge in [0.25, 0.3) is 0 Å². The van der Waals surface area contributed by atoms with Gasteiger partial charge in [0.2, 0.25) is 0 Å². The van der Waals surface area contributed by atoms with E-state index in [0.717, 1.165) is 12.1 Å². The lowest BCUT2D eigenvalue weighted by molar-refractivity contribution is 0.509. The van der Waals surface area contributed by atoms with Gasteiger partial charge in [0.1, 0.15) is 18.0 Å². The maximum absolute atomic E-state index is 13.2. The molecule has 0 spiro atoms. The highest BCUT2D eigenvalue weighted by Crippen LogP contribution is 2.24. The summed E-state index contributed by atoms with van der Waals surface area (Å²) in [5, 5.41) is 10.9. The molecule has 0 aliphatic carbocycles. The summed E-state index contributed by atoms with van der Waals surface area (Å²) in [7, 11) is 1.64. The molecule has 0 saturated heterocycles. The molecule has 0 unspecified atom stereocenters. The third kappa shape index (κ3) is 2.74. The first kappa shape index (κ1) is 12.7. The van der Waals surface area contributed by atoms with Gasteiger partial charge < -0.3 is 4.90 Å². The van der Waals surface area contributed by atoms with E-state index in [2.05, 4.69) is 15.3 Å². The van der Waals surface area contributed by atoms with Crippen LogP contribution in [0.4, 0.5) is 26.1 Å². The average Bonchev–Trinajstić information content (AvgIpc) is 2.42. The van der Waals surface area contributed by atoms with E-state index in [1.54, 1.807) is 18.1 Å². The van der Waals surface area contributed by atoms with E-state index >= 15 is 0 Å². The Balaban J connectivity index is 2.33. The largest absolute Gasteiger partial charge is 0.329 e. The number of anilines is 3. The highest BCUT2D eigenvalue weighted by Gasteiger charge is 2.10. The first-order valence-electron chi connectivity index (χ1n) is 5.27. The van der Waals surface area contributed by atoms with Crippen LogP contribution in [0.3, 0.4) is 0 Å². The molecule has 0 atom stereocenters. The van der Waals surface area contributed by atoms with Gasteiger partial charge in [-0.2, -0.15) is 5.26 Å². The molecule has 2 rings (SSSR count). The van der Waals surface area contributed by atoms with Crippen molar-refractivity contribution in [2.75, 3.05) is 17.3 Å². The molecule has 1 N–H and O–H groups in total. The Labute approximate surface area is 108 Å². The summed E-state index contributed by atoms with van der Waals surface area (Å²) in [6.07, 6.45) is 3.01. The highest BCUT2D eigenvalue weighted by atomic mass is 19.2. The number of hydrogen-bond donors (Lipinski definition) is 1. The van der Waals surface area contributed by atoms with Crippen LogP contribution in [0, 0.1) is 23.1 Å². The van der Waals surface area contributed by atoms with Gasteiger partial charge in [0.05, 0.1) is 0 Å². The SMILES string of the molecule is CN(c1ccc(F)c(F)c1)c1cc(NC#N)ncn1. The van der Waals surface area contributed by atoms with Crippen molar-refractivity contribution in [2.24, 2.45) is 0 Å². The van der Waals surface area contributed by atoms with Crippen LogP contribution in [0.15, 0.2) is 30.6 Å². The second kappa shape index (κ2) is 5.27. The van der Waals surface area contributed by atoms with Crippen LogP contribution in [-0.2, 0) is 0 Å². The second-order valence-electron chi connectivity index (χ2n) is 3.66. The molecule has 1 aromatic carbocycles. The smallest absolute Gasteiger partial charge is 0.182 e. The summed E-state index contributed by atoms with van der Waals surface area (Å²) >= 11 is 0. The van der Waals surface area contributed by atoms with Crippen molar-refractivity contribution in [3.8, 4) is 6.19 Å². The van der Waals surface area contributed by atoms with Crippen LogP contribution in [0.2, 0.25) is 0 Å². The quantitative estimate of drug-likeness (QED) is 0.679. The molecule has 1 heterocycles. The van der Waals surface area contributed by atoms with Gasteiger partial charge in [-0.05, 0) is 12.1 Å². The van der Waals surface area contributed by atoms with E-state index in [-0.39, 0.29) is 0 Å². The lowest BCUT2D eigenvalue weighted by atomic mass is 10.2. The molecule has 2 aromatic rings. The standard InChI is InChI=1S/C12H9F2N5/c1-19(8-2-3-9(13)10(14)4-8)12-5-11(16-6-15)17-7-18-12/h2-5,7H,1H3,(H,16,17,18). The molecule has 5 nitrogen and oxygen atoms in total. The zero-order chi connectivity index (χ0) is 13.8. The predicted molar refractivity (Wildman–Crippen MR) is 65.7 cm³/mol. The molecule has 7 heteroatoms. The van der Waals surface area contributed by atoms with Crippen molar-refractivity contribution in [3.05, 3.63) is 42.2 Å². The van der Waals surface area contributed by atoms with Crippen molar-refractivity contribution in [2.45, 2.75) is 0 Å². The maximum atomic E-state index is 13.2. The van der Waals surface area contributed by atoms with Gasteiger partial charge in [-0.15, -0.1) is 0 Å². The van der Waals surface area contributed by atoms with E-state index in [0.29, 0.717) is 17.3 Å². The number of halogens is 2. The molecule has 0 aliphatic rings. The third-order valence-electron chi connectivity index (χ3n) is 2.47. The Morgan fingerprint density at radius 2 is 2.00 bits per heavy atom. The Kier molecular flexibility index (Phi) is 3.52. The van der Waals surface area contributed by atoms with Gasteiger partial charge in [0.15, 0.2) is 17.8 Å². The second-order valence-corrected chi connectivity index (χ2v) is 3.66. The number of nitrogens with zero attached hydrogens (tertiary/aromatic N) is 4. The van der Waals surface area contributed by atoms with E-state index in [4.69, 9.17) is 5.26 Å². The van der Waals surface area contributed by atoms with Gasteiger partial charge in [-0.3, -0.25) is 5.32 Å². The van der Waals surface area contributed by atoms with Crippen molar-refractivity contribution < 1.29 is 8.78 Å². The molecule has 0 saturated carbocycles. The van der Waals surface area contributed by atoms with Crippen LogP contribution in [0.5, 0.6) is 0 Å². The first-order chi connectivity index (χ1) is 9.11. The summed E-state index contributed by atoms with van der Waals surface area (Å²) < 4.78 is 26.0. The van der Waals surface area contributed by atoms with Crippen LogP contribution in [0.1, 0.15) is 0 Å². The number of nitrogens with one attached hydrogen (secondary N) is 1. The normalized spacial score (nSPS) is 9.79. The van der Waals surface area contributed by atoms with E-state index in [9.17, 15) is 8.78 Å². The fraction of sp³-hybridized carbons (Fsp3) is 0.0833. The Bertz CT molecular complexity index is 638. The van der Waals surface area contributed by atoms with Crippen molar-refractivity contribution in [1.29, 1.82) is 5.26 Å². The number of benzene rings is 1. The Morgan fingerprint density at radius 1 is 1.21 bits per heavy atom. The van der Waals surface area contributed by atoms with Gasteiger partial charge in [-0.25, -0.2) is 18.7 Å². The molecule has 0 radical (unpaired) electrons. The molecule has 19 heavy (non-hydrogen) atoms. The zero-order valence-electron chi connectivity index (χ0n) is 9.93. The number of rotatable bonds is 3. The van der Waals surface area contributed by atoms with Crippen LogP contribution in [0.25, 0.3) is 0 Å². The molecule has 0 fully saturated rings. The molecule has 1 aromatic heterocycles. The fourth-order valence-corrected chi connectivity index (χ4v) is 1.48. The minimum Gasteiger partial charge on any atom is -0.329 e. The Hall–Kier alpha value is -2.75. The van der Waals surface area contributed by atoms with E-state index in [1.807, 2.05) is 0 Å². The van der Waals surface area contributed by atoms with Crippen molar-refractivity contribution >= 4 is 17.3 Å². The molecule has 0 bridgehead atoms. The maximum Gasteiger partial charge on any atom is 0.182 e. The monoisotopic (exact) mass is 261 g/mol. The van der Waals surface area contributed by atoms with Crippen LogP contribution in [-0.4, -0.2) is 17.0 Å². The van der Waals surface area contributed by atoms with Crippen LogP contribution >= 0.6 is 0 Å². The molecule has 0 aliphatic heterocycles. The van der Waals surface area contributed by atoms with Crippen molar-refractivity contribution in [3.63, 3.8) is 0 Å². The van der Waals surface area contributed by atoms with Gasteiger partial charge in [0, 0.05) is 24.9 Å². The summed E-state index contributed by atoms with van der Waals surface area (Å²) in [6.45, 7) is 0. The number of nitriles is 1. The molecule has 0 amide bonds. The minimum absolute atomic E-state index is 0.321. The summed E-state index contributed by atoms with van der Waals surface area (Å²) in [4.78, 5) is 9.38. The summed E-state index contributed by atoms with van der Waals surface area (Å²) in [5.41, 5.74) is 0.431. The molecular formula is C12H9F2N5. The van der Waals surface area contributed by atoms with E-state index in [1.165, 1.54) is 18.5 Å². The third-order valence-corrected chi connectivity index (χ3v) is 2.47. The van der Waals surface area contributed by atoms with E-state index < -0.39 is 11.6 Å². The summed E-state index contributed by atoms with van der Waals surface area (Å²) in [5.74, 6) is -1.08. The predicted octanol–water partition coefficient (Wildman–Crippen LogP) is 2.42. The lowest BCUT2D eigenvalue weighted by Gasteiger charge is -2.18. The van der Waals surface area contributed by atoms with Crippen molar-refractivity contribution in [1.82, 2.24) is 9.97 Å². The van der Waals surface area contributed by atoms with Crippen LogP contribution < -0.4 is 10.2 Å². The Morgan fingerprint density at radius 3 is 2.68 bits per heavy atom. The number of aromatic nitrogens is 2. The zero-order valence-corrected chi connectivity index (χ0v) is 9.93. The average molecular weight is 261 g/mol. The number of hydrogen-bond acceptors (Lipinski definition) is 5. The summed E-state index contributed by atoms with van der Waals surface area (Å²) in [6, 6.07) is 5.05. The highest BCUT2D eigenvalue weighted by molar-refractivity contribution is 5.61. The van der Waals surface area contributed by atoms with Gasteiger partial charge in [-0.1, -0.05) is 0 Å². The topological polar surface area (TPSA) is 64.8 Å². The lowest BCUT2D eigenvalue weighted by Crippen LogP contribution is -2.12. The van der Waals surface area contributed by atoms with Gasteiger partial charge >= 0.3 is 0 Å². The first-order valence-corrected chi connectivity index (χ1v) is 5.27. The fourth-order valence-electron chi connectivity index (χ4n) is 1.48. The molecular weight excluding hydrogens is 252 g/mol.